The van der Waals surface area contributed by atoms with Gasteiger partial charge in [-0.2, -0.15) is 10.4 Å². The molecule has 7 heteroatoms. The van der Waals surface area contributed by atoms with Gasteiger partial charge in [-0.3, -0.25) is 4.98 Å². The van der Waals surface area contributed by atoms with Gasteiger partial charge >= 0.3 is 5.63 Å². The van der Waals surface area contributed by atoms with Crippen LogP contribution in [0.1, 0.15) is 11.3 Å². The van der Waals surface area contributed by atoms with E-state index in [1.807, 2.05) is 54.6 Å². The molecule has 5 aromatic rings. The van der Waals surface area contributed by atoms with Gasteiger partial charge in [0.25, 0.3) is 0 Å². The summed E-state index contributed by atoms with van der Waals surface area (Å²) in [5.41, 5.74) is 3.11. The zero-order chi connectivity index (χ0) is 21.9. The minimum atomic E-state index is -0.493. The first-order valence-electron chi connectivity index (χ1n) is 9.94. The van der Waals surface area contributed by atoms with E-state index in [-0.39, 0.29) is 12.4 Å². The Bertz CT molecular complexity index is 1550. The molecule has 2 aromatic carbocycles. The molecule has 0 radical (unpaired) electrons. The Morgan fingerprint density at radius 2 is 1.76 bits per heavy atom. The third-order valence-corrected chi connectivity index (χ3v) is 5.02. The topological polar surface area (TPSA) is 84.7 Å². The fourth-order valence-corrected chi connectivity index (χ4v) is 3.48. The van der Waals surface area contributed by atoms with Crippen molar-refractivity contribution in [3.8, 4) is 23.0 Å². The Morgan fingerprint density at radius 3 is 2.52 bits per heavy atom. The lowest BCUT2D eigenvalue weighted by Gasteiger charge is -2.02. The van der Waals surface area contributed by atoms with E-state index < -0.39 is 5.63 Å². The molecule has 33 heavy (non-hydrogen) atoms. The van der Waals surface area contributed by atoms with E-state index in [9.17, 15) is 10.1 Å². The largest absolute Gasteiger partial charge is 0.422 e. The maximum atomic E-state index is 12.8. The highest BCUT2D eigenvalue weighted by Gasteiger charge is 2.17. The van der Waals surface area contributed by atoms with Crippen molar-refractivity contribution in [1.82, 2.24) is 14.8 Å². The maximum absolute atomic E-state index is 12.8. The van der Waals surface area contributed by atoms with Crippen LogP contribution >= 0.6 is 12.4 Å². The second kappa shape index (κ2) is 9.35. The number of hydrogen-bond donors (Lipinski definition) is 0. The summed E-state index contributed by atoms with van der Waals surface area (Å²) < 4.78 is 7.21. The van der Waals surface area contributed by atoms with Gasteiger partial charge in [0.15, 0.2) is 0 Å². The third kappa shape index (κ3) is 4.31. The van der Waals surface area contributed by atoms with Crippen molar-refractivity contribution >= 4 is 35.0 Å². The van der Waals surface area contributed by atoms with Crippen molar-refractivity contribution in [2.24, 2.45) is 0 Å². The molecule has 0 saturated heterocycles. The van der Waals surface area contributed by atoms with Gasteiger partial charge in [-0.05, 0) is 42.5 Å². The summed E-state index contributed by atoms with van der Waals surface area (Å²) in [6.45, 7) is 0. The summed E-state index contributed by atoms with van der Waals surface area (Å²) >= 11 is 0. The van der Waals surface area contributed by atoms with E-state index in [1.54, 1.807) is 47.4 Å². The monoisotopic (exact) mass is 452 g/mol. The number of nitriles is 1. The molecule has 6 nitrogen and oxygen atoms in total. The highest BCUT2D eigenvalue weighted by molar-refractivity contribution is 5.92. The average molecular weight is 453 g/mol. The summed E-state index contributed by atoms with van der Waals surface area (Å²) in [6, 6.07) is 26.2. The fraction of sp³-hybridized carbons (Fsp3) is 0. The summed E-state index contributed by atoms with van der Waals surface area (Å²) in [5.74, 6) is 0. The van der Waals surface area contributed by atoms with E-state index in [4.69, 9.17) is 4.42 Å². The zero-order valence-corrected chi connectivity index (χ0v) is 18.1. The van der Waals surface area contributed by atoms with Gasteiger partial charge in [0.2, 0.25) is 0 Å². The molecule has 160 valence electrons. The van der Waals surface area contributed by atoms with Gasteiger partial charge in [0.05, 0.1) is 22.5 Å². The van der Waals surface area contributed by atoms with Crippen LogP contribution in [0.3, 0.4) is 0 Å². The van der Waals surface area contributed by atoms with E-state index in [1.165, 1.54) is 0 Å². The molecular formula is C26H17ClN4O2. The highest BCUT2D eigenvalue weighted by Crippen LogP contribution is 2.27. The van der Waals surface area contributed by atoms with Crippen LogP contribution < -0.4 is 5.63 Å². The van der Waals surface area contributed by atoms with Gasteiger partial charge in [-0.1, -0.05) is 42.5 Å². The Morgan fingerprint density at radius 1 is 1.00 bits per heavy atom. The Labute approximate surface area is 195 Å². The molecule has 0 fully saturated rings. The summed E-state index contributed by atoms with van der Waals surface area (Å²) in [5, 5.41) is 15.2. The minimum Gasteiger partial charge on any atom is -0.422 e. The molecule has 0 unspecified atom stereocenters. The highest BCUT2D eigenvalue weighted by atomic mass is 35.5. The first kappa shape index (κ1) is 21.8. The minimum absolute atomic E-state index is 0. The summed E-state index contributed by atoms with van der Waals surface area (Å²) in [7, 11) is 0. The third-order valence-electron chi connectivity index (χ3n) is 5.02. The summed E-state index contributed by atoms with van der Waals surface area (Å²) in [6.07, 6.45) is 5.12. The lowest BCUT2D eigenvalue weighted by atomic mass is 10.0. The fourth-order valence-electron chi connectivity index (χ4n) is 3.48. The number of hydrogen-bond acceptors (Lipinski definition) is 5. The molecule has 3 aromatic heterocycles. The SMILES string of the molecule is Cl.N#C/C(=C\c1cn(-c2ccccc2)nc1-c1cc2ccccc2oc1=O)c1ccccn1. The molecule has 0 saturated carbocycles. The van der Waals surface area contributed by atoms with Crippen LogP contribution in [0.4, 0.5) is 0 Å². The lowest BCUT2D eigenvalue weighted by molar-refractivity contribution is 0.563. The molecule has 0 aliphatic heterocycles. The number of fused-ring (bicyclic) bond motifs is 1. The second-order valence-corrected chi connectivity index (χ2v) is 7.08. The first-order valence-corrected chi connectivity index (χ1v) is 9.94. The van der Waals surface area contributed by atoms with Gasteiger partial charge in [0.1, 0.15) is 17.3 Å². The van der Waals surface area contributed by atoms with Crippen molar-refractivity contribution in [2.75, 3.05) is 0 Å². The van der Waals surface area contributed by atoms with Crippen molar-refractivity contribution in [1.29, 1.82) is 5.26 Å². The standard InChI is InChI=1S/C26H16N4O2.ClH/c27-16-19(23-11-6-7-13-28-23)14-20-17-30(21-9-2-1-3-10-21)29-25(20)22-15-18-8-4-5-12-24(18)32-26(22)31;/h1-15,17H;1H/b19-14+;. The number of benzene rings is 2. The van der Waals surface area contributed by atoms with Crippen LogP contribution in [-0.4, -0.2) is 14.8 Å². The second-order valence-electron chi connectivity index (χ2n) is 7.08. The van der Waals surface area contributed by atoms with Crippen molar-refractivity contribution < 1.29 is 4.42 Å². The van der Waals surface area contributed by atoms with Crippen LogP contribution in [0.15, 0.2) is 100 Å². The number of aromatic nitrogens is 3. The van der Waals surface area contributed by atoms with Crippen LogP contribution in [0.25, 0.3) is 39.6 Å². The molecule has 0 aliphatic rings. The van der Waals surface area contributed by atoms with E-state index in [2.05, 4.69) is 16.2 Å². The molecule has 0 aliphatic carbocycles. The molecular weight excluding hydrogens is 436 g/mol. The molecule has 0 atom stereocenters. The molecule has 0 spiro atoms. The molecule has 5 rings (SSSR count). The summed E-state index contributed by atoms with van der Waals surface area (Å²) in [4.78, 5) is 17.1. The van der Waals surface area contributed by atoms with Crippen LogP contribution in [0.5, 0.6) is 0 Å². The predicted molar refractivity (Wildman–Crippen MR) is 130 cm³/mol. The van der Waals surface area contributed by atoms with Crippen LogP contribution in [-0.2, 0) is 0 Å². The lowest BCUT2D eigenvalue weighted by Crippen LogP contribution is -2.04. The Balaban J connectivity index is 0.00000259. The predicted octanol–water partition coefficient (Wildman–Crippen LogP) is 5.53. The smallest absolute Gasteiger partial charge is 0.345 e. The van der Waals surface area contributed by atoms with Crippen molar-refractivity contribution in [3.63, 3.8) is 0 Å². The van der Waals surface area contributed by atoms with Crippen molar-refractivity contribution in [2.45, 2.75) is 0 Å². The van der Waals surface area contributed by atoms with Gasteiger partial charge < -0.3 is 4.42 Å². The molecule has 0 N–H and O–H groups in total. The van der Waals surface area contributed by atoms with Crippen LogP contribution in [0.2, 0.25) is 0 Å². The number of allylic oxidation sites excluding steroid dienone is 1. The quantitative estimate of drug-likeness (QED) is 0.264. The van der Waals surface area contributed by atoms with Gasteiger partial charge in [-0.15, -0.1) is 12.4 Å². The maximum Gasteiger partial charge on any atom is 0.345 e. The first-order chi connectivity index (χ1) is 15.7. The number of halogens is 1. The zero-order valence-electron chi connectivity index (χ0n) is 17.3. The van der Waals surface area contributed by atoms with Crippen molar-refractivity contribution in [3.05, 3.63) is 113 Å². The number of rotatable bonds is 4. The Kier molecular flexibility index (Phi) is 6.16. The van der Waals surface area contributed by atoms with E-state index in [0.29, 0.717) is 33.7 Å². The van der Waals surface area contributed by atoms with Gasteiger partial charge in [-0.25, -0.2) is 9.48 Å². The molecule has 3 heterocycles. The normalized spacial score (nSPS) is 11.1. The number of nitrogens with zero attached hydrogens (tertiary/aromatic N) is 4. The van der Waals surface area contributed by atoms with E-state index in [0.717, 1.165) is 11.1 Å². The Hall–Kier alpha value is -4.47. The number of pyridine rings is 1. The van der Waals surface area contributed by atoms with E-state index >= 15 is 0 Å². The molecule has 0 amide bonds. The van der Waals surface area contributed by atoms with Gasteiger partial charge in [0, 0.05) is 23.3 Å². The molecule has 0 bridgehead atoms. The average Bonchev–Trinajstić information content (AvgIpc) is 3.27. The number of para-hydroxylation sites is 2. The van der Waals surface area contributed by atoms with Crippen LogP contribution in [0, 0.1) is 11.3 Å².